The molecule has 3 N–H and O–H groups in total. The van der Waals surface area contributed by atoms with Gasteiger partial charge in [0.25, 0.3) is 0 Å². The molecule has 0 fully saturated rings. The normalized spacial score (nSPS) is 11.8. The van der Waals surface area contributed by atoms with E-state index in [1.54, 1.807) is 24.5 Å². The van der Waals surface area contributed by atoms with Crippen LogP contribution in [0.15, 0.2) is 53.7 Å². The van der Waals surface area contributed by atoms with Crippen molar-refractivity contribution in [3.8, 4) is 0 Å². The van der Waals surface area contributed by atoms with Crippen molar-refractivity contribution in [3.05, 3.63) is 48.8 Å². The molecule has 0 saturated heterocycles. The van der Waals surface area contributed by atoms with E-state index in [2.05, 4.69) is 10.3 Å². The number of rotatable bonds is 5. The maximum Gasteiger partial charge on any atom is 0.237 e. The van der Waals surface area contributed by atoms with E-state index in [4.69, 9.17) is 5.73 Å². The Morgan fingerprint density at radius 1 is 1.35 bits per heavy atom. The molecule has 0 saturated carbocycles. The molecule has 1 amide bonds. The average molecular weight is 287 g/mol. The maximum atomic E-state index is 12.2. The molecule has 1 heterocycles. The molecule has 4 nitrogen and oxygen atoms in total. The van der Waals surface area contributed by atoms with Crippen LogP contribution in [0.5, 0.6) is 0 Å². The van der Waals surface area contributed by atoms with Crippen LogP contribution in [0.3, 0.4) is 0 Å². The van der Waals surface area contributed by atoms with Gasteiger partial charge < -0.3 is 11.1 Å². The number of carbonyl (C=O) groups is 1. The summed E-state index contributed by atoms with van der Waals surface area (Å²) in [6.45, 7) is 2.00. The Hall–Kier alpha value is -2.01. The smallest absolute Gasteiger partial charge is 0.237 e. The van der Waals surface area contributed by atoms with E-state index in [0.717, 1.165) is 17.0 Å². The number of hydrogen-bond acceptors (Lipinski definition) is 4. The lowest BCUT2D eigenvalue weighted by molar-refractivity contribution is -0.115. The van der Waals surface area contributed by atoms with Crippen LogP contribution in [0.1, 0.15) is 13.3 Å². The number of pyridine rings is 1. The van der Waals surface area contributed by atoms with Crippen LogP contribution < -0.4 is 11.1 Å². The number of nitrogen functional groups attached to an aromatic ring is 1. The van der Waals surface area contributed by atoms with Crippen LogP contribution in [0.4, 0.5) is 11.4 Å². The summed E-state index contributed by atoms with van der Waals surface area (Å²) in [7, 11) is 0. The zero-order chi connectivity index (χ0) is 14.4. The zero-order valence-electron chi connectivity index (χ0n) is 11.2. The predicted molar refractivity (Wildman–Crippen MR) is 83.7 cm³/mol. The monoisotopic (exact) mass is 287 g/mol. The van der Waals surface area contributed by atoms with E-state index in [1.165, 1.54) is 11.8 Å². The number of thioether (sulfide) groups is 1. The third-order valence-electron chi connectivity index (χ3n) is 2.75. The van der Waals surface area contributed by atoms with Gasteiger partial charge in [-0.2, -0.15) is 0 Å². The highest BCUT2D eigenvalue weighted by Crippen LogP contribution is 2.27. The SMILES string of the molecule is CCC(Sc1cccc(N)c1)C(=O)Nc1ccncc1. The summed E-state index contributed by atoms with van der Waals surface area (Å²) >= 11 is 1.52. The largest absolute Gasteiger partial charge is 0.399 e. The summed E-state index contributed by atoms with van der Waals surface area (Å²) in [5.41, 5.74) is 7.22. The molecule has 2 rings (SSSR count). The summed E-state index contributed by atoms with van der Waals surface area (Å²) in [6, 6.07) is 11.1. The molecule has 0 aliphatic carbocycles. The fourth-order valence-corrected chi connectivity index (χ4v) is 2.75. The van der Waals surface area contributed by atoms with Gasteiger partial charge >= 0.3 is 0 Å². The number of nitrogens with one attached hydrogen (secondary N) is 1. The number of carbonyl (C=O) groups excluding carboxylic acids is 1. The second-order valence-electron chi connectivity index (χ2n) is 4.31. The van der Waals surface area contributed by atoms with E-state index in [1.807, 2.05) is 31.2 Å². The summed E-state index contributed by atoms with van der Waals surface area (Å²) in [4.78, 5) is 17.2. The molecule has 1 unspecified atom stereocenters. The van der Waals surface area contributed by atoms with Gasteiger partial charge in [0.05, 0.1) is 5.25 Å². The van der Waals surface area contributed by atoms with Crippen molar-refractivity contribution in [3.63, 3.8) is 0 Å². The Kier molecular flexibility index (Phi) is 5.01. The molecule has 5 heteroatoms. The summed E-state index contributed by atoms with van der Waals surface area (Å²) < 4.78 is 0. The lowest BCUT2D eigenvalue weighted by atomic mass is 10.3. The zero-order valence-corrected chi connectivity index (χ0v) is 12.1. The fourth-order valence-electron chi connectivity index (χ4n) is 1.73. The lowest BCUT2D eigenvalue weighted by Gasteiger charge is -2.14. The van der Waals surface area contributed by atoms with Gasteiger partial charge in [0, 0.05) is 28.7 Å². The van der Waals surface area contributed by atoms with Crippen LogP contribution >= 0.6 is 11.8 Å². The number of hydrogen-bond donors (Lipinski definition) is 2. The topological polar surface area (TPSA) is 68.0 Å². The molecule has 0 aliphatic heterocycles. The van der Waals surface area contributed by atoms with E-state index in [9.17, 15) is 4.79 Å². The first-order valence-corrected chi connectivity index (χ1v) is 7.30. The minimum Gasteiger partial charge on any atom is -0.399 e. The summed E-state index contributed by atoms with van der Waals surface area (Å²) in [5.74, 6) is -0.00822. The first-order valence-electron chi connectivity index (χ1n) is 6.42. The molecule has 1 aromatic carbocycles. The molecule has 0 radical (unpaired) electrons. The van der Waals surface area contributed by atoms with Gasteiger partial charge in [-0.1, -0.05) is 13.0 Å². The molecular weight excluding hydrogens is 270 g/mol. The number of aromatic nitrogens is 1. The van der Waals surface area contributed by atoms with E-state index in [-0.39, 0.29) is 11.2 Å². The highest BCUT2D eigenvalue weighted by molar-refractivity contribution is 8.00. The Balaban J connectivity index is 2.02. The molecule has 0 spiro atoms. The Bertz CT molecular complexity index is 574. The van der Waals surface area contributed by atoms with Gasteiger partial charge in [0.2, 0.25) is 5.91 Å². The van der Waals surface area contributed by atoms with Gasteiger partial charge in [0.1, 0.15) is 0 Å². The second kappa shape index (κ2) is 6.96. The van der Waals surface area contributed by atoms with E-state index >= 15 is 0 Å². The van der Waals surface area contributed by atoms with Gasteiger partial charge in [0.15, 0.2) is 0 Å². The summed E-state index contributed by atoms with van der Waals surface area (Å²) in [5, 5.41) is 2.75. The molecular formula is C15H17N3OS. The van der Waals surface area contributed by atoms with Crippen LogP contribution in [-0.4, -0.2) is 16.1 Å². The van der Waals surface area contributed by atoms with Gasteiger partial charge in [-0.15, -0.1) is 11.8 Å². The molecule has 1 atom stereocenters. The van der Waals surface area contributed by atoms with Gasteiger partial charge in [-0.25, -0.2) is 0 Å². The first kappa shape index (κ1) is 14.4. The lowest BCUT2D eigenvalue weighted by Crippen LogP contribution is -2.24. The van der Waals surface area contributed by atoms with Crippen molar-refractivity contribution in [1.82, 2.24) is 4.98 Å². The first-order chi connectivity index (χ1) is 9.69. The van der Waals surface area contributed by atoms with Crippen LogP contribution in [0.2, 0.25) is 0 Å². The van der Waals surface area contributed by atoms with Crippen LogP contribution in [-0.2, 0) is 4.79 Å². The quantitative estimate of drug-likeness (QED) is 0.654. The Morgan fingerprint density at radius 2 is 2.10 bits per heavy atom. The van der Waals surface area contributed by atoms with Crippen LogP contribution in [0.25, 0.3) is 0 Å². The Labute approximate surface area is 122 Å². The fraction of sp³-hybridized carbons (Fsp3) is 0.200. The minimum absolute atomic E-state index is 0.00822. The highest BCUT2D eigenvalue weighted by Gasteiger charge is 2.18. The second-order valence-corrected chi connectivity index (χ2v) is 5.59. The molecule has 0 bridgehead atoms. The Morgan fingerprint density at radius 3 is 2.75 bits per heavy atom. The number of amides is 1. The third-order valence-corrected chi connectivity index (χ3v) is 4.11. The molecule has 2 aromatic rings. The van der Waals surface area contributed by atoms with Crippen molar-refractivity contribution >= 4 is 29.0 Å². The average Bonchev–Trinajstić information content (AvgIpc) is 2.46. The van der Waals surface area contributed by atoms with Crippen molar-refractivity contribution < 1.29 is 4.79 Å². The van der Waals surface area contributed by atoms with Crippen molar-refractivity contribution in [2.45, 2.75) is 23.5 Å². The number of nitrogens with zero attached hydrogens (tertiary/aromatic N) is 1. The predicted octanol–water partition coefficient (Wildman–Crippen LogP) is 3.17. The van der Waals surface area contributed by atoms with Crippen LogP contribution in [0, 0.1) is 0 Å². The van der Waals surface area contributed by atoms with Gasteiger partial charge in [-0.05, 0) is 36.8 Å². The van der Waals surface area contributed by atoms with Crippen molar-refractivity contribution in [1.29, 1.82) is 0 Å². The molecule has 20 heavy (non-hydrogen) atoms. The number of benzene rings is 1. The van der Waals surface area contributed by atoms with E-state index in [0.29, 0.717) is 5.69 Å². The maximum absolute atomic E-state index is 12.2. The highest BCUT2D eigenvalue weighted by atomic mass is 32.2. The molecule has 104 valence electrons. The number of anilines is 2. The minimum atomic E-state index is -0.148. The van der Waals surface area contributed by atoms with Crippen molar-refractivity contribution in [2.24, 2.45) is 0 Å². The van der Waals surface area contributed by atoms with Gasteiger partial charge in [-0.3, -0.25) is 9.78 Å². The summed E-state index contributed by atoms with van der Waals surface area (Å²) in [6.07, 6.45) is 4.06. The standard InChI is InChI=1S/C15H17N3OS/c1-2-14(20-13-5-3-4-11(16)10-13)15(19)18-12-6-8-17-9-7-12/h3-10,14H,2,16H2,1H3,(H,17,18,19). The van der Waals surface area contributed by atoms with Crippen molar-refractivity contribution in [2.75, 3.05) is 11.1 Å². The van der Waals surface area contributed by atoms with E-state index < -0.39 is 0 Å². The molecule has 1 aromatic heterocycles. The third kappa shape index (κ3) is 3.99. The number of nitrogens with two attached hydrogens (primary N) is 1. The molecule has 0 aliphatic rings.